The zero-order chi connectivity index (χ0) is 20.6. The van der Waals surface area contributed by atoms with Crippen molar-refractivity contribution in [3.05, 3.63) is 52.2 Å². The number of nitrogens with one attached hydrogen (secondary N) is 2. The van der Waals surface area contributed by atoms with Gasteiger partial charge in [0.15, 0.2) is 5.96 Å². The summed E-state index contributed by atoms with van der Waals surface area (Å²) in [5, 5.41) is 9.19. The fourth-order valence-electron chi connectivity index (χ4n) is 4.19. The summed E-state index contributed by atoms with van der Waals surface area (Å²) in [4.78, 5) is 10.8. The Morgan fingerprint density at radius 3 is 2.50 bits per heavy atom. The largest absolute Gasteiger partial charge is 0.378 e. The summed E-state index contributed by atoms with van der Waals surface area (Å²) in [6.45, 7) is 7.57. The third-order valence-electron chi connectivity index (χ3n) is 5.91. The Morgan fingerprint density at radius 1 is 1.07 bits per heavy atom. The number of thiophene rings is 1. The van der Waals surface area contributed by atoms with Gasteiger partial charge in [0, 0.05) is 43.8 Å². The van der Waals surface area contributed by atoms with E-state index in [0.29, 0.717) is 6.04 Å². The molecular formula is C23H33N5OS. The average molecular weight is 428 g/mol. The van der Waals surface area contributed by atoms with Crippen LogP contribution in [0, 0.1) is 0 Å². The first kappa shape index (κ1) is 21.2. The molecule has 2 aromatic rings. The van der Waals surface area contributed by atoms with Crippen LogP contribution in [-0.4, -0.2) is 63.8 Å². The van der Waals surface area contributed by atoms with Gasteiger partial charge in [0.05, 0.1) is 19.3 Å². The summed E-state index contributed by atoms with van der Waals surface area (Å²) in [7, 11) is 1.84. The normalized spacial score (nSPS) is 19.1. The van der Waals surface area contributed by atoms with E-state index in [2.05, 4.69) is 67.2 Å². The lowest BCUT2D eigenvalue weighted by molar-refractivity contribution is 0.122. The zero-order valence-electron chi connectivity index (χ0n) is 17.8. The van der Waals surface area contributed by atoms with Gasteiger partial charge in [0.1, 0.15) is 0 Å². The predicted molar refractivity (Wildman–Crippen MR) is 126 cm³/mol. The van der Waals surface area contributed by atoms with Gasteiger partial charge in [-0.2, -0.15) is 0 Å². The minimum atomic E-state index is 0.416. The number of benzene rings is 1. The molecule has 1 unspecified atom stereocenters. The highest BCUT2D eigenvalue weighted by molar-refractivity contribution is 7.10. The molecule has 0 amide bonds. The van der Waals surface area contributed by atoms with E-state index in [-0.39, 0.29) is 0 Å². The highest BCUT2D eigenvalue weighted by atomic mass is 32.1. The van der Waals surface area contributed by atoms with E-state index < -0.39 is 0 Å². The van der Waals surface area contributed by atoms with Crippen molar-refractivity contribution in [2.24, 2.45) is 4.99 Å². The van der Waals surface area contributed by atoms with Gasteiger partial charge in [-0.05, 0) is 55.1 Å². The summed E-state index contributed by atoms with van der Waals surface area (Å²) >= 11 is 1.85. The van der Waals surface area contributed by atoms with Gasteiger partial charge >= 0.3 is 0 Å². The van der Waals surface area contributed by atoms with Gasteiger partial charge in [-0.15, -0.1) is 11.3 Å². The number of morpholine rings is 1. The fraction of sp³-hybridized carbons (Fsp3) is 0.522. The fourth-order valence-corrected chi connectivity index (χ4v) is 5.05. The van der Waals surface area contributed by atoms with Crippen LogP contribution in [0.1, 0.15) is 29.3 Å². The number of hydrogen-bond donors (Lipinski definition) is 2. The summed E-state index contributed by atoms with van der Waals surface area (Å²) in [6.07, 6.45) is 2.60. The molecule has 4 rings (SSSR count). The summed E-state index contributed by atoms with van der Waals surface area (Å²) in [5.74, 6) is 0.855. The maximum Gasteiger partial charge on any atom is 0.191 e. The van der Waals surface area contributed by atoms with Gasteiger partial charge in [-0.1, -0.05) is 18.2 Å². The number of ether oxygens (including phenoxy) is 1. The number of likely N-dealkylation sites (tertiary alicyclic amines) is 1. The van der Waals surface area contributed by atoms with Crippen molar-refractivity contribution in [1.82, 2.24) is 15.5 Å². The molecule has 2 N–H and O–H groups in total. The summed E-state index contributed by atoms with van der Waals surface area (Å²) in [5.41, 5.74) is 2.53. The van der Waals surface area contributed by atoms with Crippen LogP contribution in [0.5, 0.6) is 0 Å². The molecular weight excluding hydrogens is 394 g/mol. The van der Waals surface area contributed by atoms with Gasteiger partial charge < -0.3 is 20.3 Å². The highest BCUT2D eigenvalue weighted by Crippen LogP contribution is 2.27. The number of aliphatic imine (C=N–C) groups is 1. The number of guanidine groups is 1. The summed E-state index contributed by atoms with van der Waals surface area (Å²) in [6, 6.07) is 13.6. The van der Waals surface area contributed by atoms with Crippen LogP contribution in [-0.2, 0) is 11.3 Å². The Labute approximate surface area is 183 Å². The molecule has 30 heavy (non-hydrogen) atoms. The Kier molecular flexibility index (Phi) is 7.61. The first-order chi connectivity index (χ1) is 14.8. The molecule has 0 saturated carbocycles. The summed E-state index contributed by atoms with van der Waals surface area (Å²) < 4.78 is 5.44. The molecule has 1 atom stereocenters. The van der Waals surface area contributed by atoms with Gasteiger partial charge in [-0.3, -0.25) is 9.89 Å². The standard InChI is InChI=1S/C23H33N5OS/c1-24-23(26-18-21(22-5-4-16-30-22)28-10-2-3-11-28)25-17-19-6-8-20(9-7-19)27-12-14-29-15-13-27/h4-9,16,21H,2-3,10-15,17-18H2,1H3,(H2,24,25,26). The van der Waals surface area contributed by atoms with E-state index in [0.717, 1.165) is 45.4 Å². The molecule has 2 aliphatic heterocycles. The molecule has 0 radical (unpaired) electrons. The first-order valence-electron chi connectivity index (χ1n) is 11.0. The van der Waals surface area contributed by atoms with E-state index in [1.54, 1.807) is 0 Å². The van der Waals surface area contributed by atoms with Crippen LogP contribution < -0.4 is 15.5 Å². The second kappa shape index (κ2) is 10.8. The molecule has 7 heteroatoms. The second-order valence-corrected chi connectivity index (χ2v) is 8.83. The monoisotopic (exact) mass is 427 g/mol. The lowest BCUT2D eigenvalue weighted by atomic mass is 10.2. The molecule has 2 aliphatic rings. The second-order valence-electron chi connectivity index (χ2n) is 7.85. The van der Waals surface area contributed by atoms with Gasteiger partial charge in [0.25, 0.3) is 0 Å². The SMILES string of the molecule is CN=C(NCc1ccc(N2CCOCC2)cc1)NCC(c1cccs1)N1CCCC1. The van der Waals surface area contributed by atoms with Crippen LogP contribution in [0.15, 0.2) is 46.8 Å². The van der Waals surface area contributed by atoms with E-state index >= 15 is 0 Å². The molecule has 0 aliphatic carbocycles. The van der Waals surface area contributed by atoms with Crippen molar-refractivity contribution in [1.29, 1.82) is 0 Å². The molecule has 0 bridgehead atoms. The van der Waals surface area contributed by atoms with Crippen molar-refractivity contribution in [3.8, 4) is 0 Å². The molecule has 6 nitrogen and oxygen atoms in total. The first-order valence-corrected chi connectivity index (χ1v) is 11.8. The molecule has 3 heterocycles. The maximum atomic E-state index is 5.44. The number of hydrogen-bond acceptors (Lipinski definition) is 5. The van der Waals surface area contributed by atoms with Crippen molar-refractivity contribution in [2.45, 2.75) is 25.4 Å². The predicted octanol–water partition coefficient (Wildman–Crippen LogP) is 3.09. The molecule has 2 saturated heterocycles. The molecule has 1 aromatic heterocycles. The molecule has 162 valence electrons. The molecule has 2 fully saturated rings. The Bertz CT molecular complexity index is 780. The van der Waals surface area contributed by atoms with Crippen molar-refractivity contribution < 1.29 is 4.74 Å². The third-order valence-corrected chi connectivity index (χ3v) is 6.89. The lowest BCUT2D eigenvalue weighted by Gasteiger charge is -2.29. The number of rotatable bonds is 7. The van der Waals surface area contributed by atoms with E-state index in [1.807, 2.05) is 18.4 Å². The van der Waals surface area contributed by atoms with Crippen molar-refractivity contribution in [3.63, 3.8) is 0 Å². The smallest absolute Gasteiger partial charge is 0.191 e. The quantitative estimate of drug-likeness (QED) is 0.525. The van der Waals surface area contributed by atoms with E-state index in [4.69, 9.17) is 4.74 Å². The topological polar surface area (TPSA) is 52.1 Å². The number of anilines is 1. The Balaban J connectivity index is 1.29. The van der Waals surface area contributed by atoms with Crippen LogP contribution in [0.3, 0.4) is 0 Å². The minimum absolute atomic E-state index is 0.416. The van der Waals surface area contributed by atoms with E-state index in [9.17, 15) is 0 Å². The van der Waals surface area contributed by atoms with Crippen LogP contribution in [0.2, 0.25) is 0 Å². The van der Waals surface area contributed by atoms with Crippen LogP contribution in [0.25, 0.3) is 0 Å². The number of nitrogens with zero attached hydrogens (tertiary/aromatic N) is 3. The highest BCUT2D eigenvalue weighted by Gasteiger charge is 2.24. The molecule has 0 spiro atoms. The third kappa shape index (κ3) is 5.53. The Hall–Kier alpha value is -2.09. The lowest BCUT2D eigenvalue weighted by Crippen LogP contribution is -2.42. The van der Waals surface area contributed by atoms with Gasteiger partial charge in [-0.25, -0.2) is 0 Å². The maximum absolute atomic E-state index is 5.44. The zero-order valence-corrected chi connectivity index (χ0v) is 18.7. The average Bonchev–Trinajstić information content (AvgIpc) is 3.52. The van der Waals surface area contributed by atoms with Crippen LogP contribution >= 0.6 is 11.3 Å². The van der Waals surface area contributed by atoms with Crippen LogP contribution in [0.4, 0.5) is 5.69 Å². The van der Waals surface area contributed by atoms with Crippen molar-refractivity contribution >= 4 is 23.0 Å². The minimum Gasteiger partial charge on any atom is -0.378 e. The molecule has 1 aromatic carbocycles. The Morgan fingerprint density at radius 2 is 1.83 bits per heavy atom. The van der Waals surface area contributed by atoms with E-state index in [1.165, 1.54) is 42.1 Å². The van der Waals surface area contributed by atoms with Gasteiger partial charge in [0.2, 0.25) is 0 Å². The van der Waals surface area contributed by atoms with Crippen molar-refractivity contribution in [2.75, 3.05) is 57.9 Å².